The van der Waals surface area contributed by atoms with E-state index in [4.69, 9.17) is 14.2 Å². The minimum absolute atomic E-state index is 0.00591. The Morgan fingerprint density at radius 2 is 1.69 bits per heavy atom. The first-order valence-corrected chi connectivity index (χ1v) is 11.8. The summed E-state index contributed by atoms with van der Waals surface area (Å²) in [5, 5.41) is 10.7. The Labute approximate surface area is 206 Å². The zero-order valence-electron chi connectivity index (χ0n) is 18.0. The van der Waals surface area contributed by atoms with Crippen LogP contribution < -0.4 is 4.74 Å². The summed E-state index contributed by atoms with van der Waals surface area (Å²) in [4.78, 5) is 59.7. The molecule has 0 amide bonds. The molecule has 2 aromatic carbocycles. The van der Waals surface area contributed by atoms with E-state index in [0.717, 1.165) is 0 Å². The second-order valence-electron chi connectivity index (χ2n) is 8.71. The van der Waals surface area contributed by atoms with Crippen molar-refractivity contribution in [2.24, 2.45) is 23.7 Å². The summed E-state index contributed by atoms with van der Waals surface area (Å²) in [5.74, 6) is -3.13. The van der Waals surface area contributed by atoms with Crippen molar-refractivity contribution < 1.29 is 38.3 Å². The van der Waals surface area contributed by atoms with E-state index in [2.05, 4.69) is 15.9 Å². The van der Waals surface area contributed by atoms with E-state index in [1.807, 2.05) is 0 Å². The van der Waals surface area contributed by atoms with Gasteiger partial charge >= 0.3 is 17.9 Å². The van der Waals surface area contributed by atoms with Crippen molar-refractivity contribution in [1.82, 2.24) is 0 Å². The van der Waals surface area contributed by atoms with E-state index >= 15 is 0 Å². The van der Waals surface area contributed by atoms with Crippen molar-refractivity contribution in [3.8, 4) is 5.75 Å². The maximum Gasteiger partial charge on any atom is 0.343 e. The number of esters is 3. The van der Waals surface area contributed by atoms with E-state index < -0.39 is 41.1 Å². The fourth-order valence-electron chi connectivity index (χ4n) is 5.20. The Bertz CT molecular complexity index is 1230. The fourth-order valence-corrected chi connectivity index (χ4v) is 6.25. The number of hydrogen-bond acceptors (Lipinski definition) is 9. The van der Waals surface area contributed by atoms with Crippen LogP contribution in [0.3, 0.4) is 0 Å². The number of halogens is 1. The summed E-state index contributed by atoms with van der Waals surface area (Å²) >= 11 is 3.53. The zero-order valence-corrected chi connectivity index (χ0v) is 19.6. The van der Waals surface area contributed by atoms with Gasteiger partial charge in [-0.2, -0.15) is 0 Å². The number of rotatable bonds is 7. The summed E-state index contributed by atoms with van der Waals surface area (Å²) in [6.07, 6.45) is 0.515. The van der Waals surface area contributed by atoms with Crippen LogP contribution in [0.2, 0.25) is 0 Å². The molecule has 0 unspecified atom stereocenters. The number of carbonyl (C=O) groups excluding carboxylic acids is 4. The van der Waals surface area contributed by atoms with E-state index in [0.29, 0.717) is 6.42 Å². The number of alkyl halides is 1. The Morgan fingerprint density at radius 3 is 2.34 bits per heavy atom. The van der Waals surface area contributed by atoms with Crippen molar-refractivity contribution in [3.63, 3.8) is 0 Å². The van der Waals surface area contributed by atoms with Crippen molar-refractivity contribution >= 4 is 45.3 Å². The van der Waals surface area contributed by atoms with Crippen molar-refractivity contribution in [2.75, 3.05) is 6.61 Å². The average molecular weight is 544 g/mol. The Balaban J connectivity index is 1.16. The third kappa shape index (κ3) is 4.09. The molecule has 1 heterocycles. The number of nitro benzene ring substituents is 1. The Hall–Kier alpha value is -3.60. The molecule has 2 saturated carbocycles. The molecule has 35 heavy (non-hydrogen) atoms. The number of nitrogens with zero attached hydrogens (tertiary/aromatic N) is 1. The number of hydrogen-bond donors (Lipinski definition) is 0. The van der Waals surface area contributed by atoms with Crippen LogP contribution in [0.1, 0.15) is 27.1 Å². The summed E-state index contributed by atoms with van der Waals surface area (Å²) in [7, 11) is 0. The molecule has 11 heteroatoms. The van der Waals surface area contributed by atoms with Gasteiger partial charge in [-0.15, -0.1) is 0 Å². The van der Waals surface area contributed by atoms with Gasteiger partial charge < -0.3 is 14.2 Å². The van der Waals surface area contributed by atoms with E-state index in [1.54, 1.807) is 0 Å². The maximum absolute atomic E-state index is 12.7. The predicted octanol–water partition coefficient (Wildman–Crippen LogP) is 3.11. The van der Waals surface area contributed by atoms with Gasteiger partial charge in [0, 0.05) is 23.6 Å². The van der Waals surface area contributed by atoms with Gasteiger partial charge in [-0.3, -0.25) is 24.5 Å². The van der Waals surface area contributed by atoms with Gasteiger partial charge in [0.15, 0.2) is 12.4 Å². The molecule has 0 radical (unpaired) electrons. The normalized spacial score (nSPS) is 27.9. The second kappa shape index (κ2) is 8.88. The topological polar surface area (TPSA) is 139 Å². The lowest BCUT2D eigenvalue weighted by Gasteiger charge is -2.26. The van der Waals surface area contributed by atoms with Crippen molar-refractivity contribution in [1.29, 1.82) is 0 Å². The number of ketones is 1. The monoisotopic (exact) mass is 543 g/mol. The van der Waals surface area contributed by atoms with Crippen LogP contribution in [0.4, 0.5) is 5.69 Å². The van der Waals surface area contributed by atoms with Gasteiger partial charge in [0.25, 0.3) is 5.69 Å². The molecule has 0 aromatic heterocycles. The first kappa shape index (κ1) is 23.2. The lowest BCUT2D eigenvalue weighted by Crippen LogP contribution is -2.39. The molecular formula is C24H18BrNO9. The molecule has 0 N–H and O–H groups in total. The highest BCUT2D eigenvalue weighted by Gasteiger charge is 2.68. The predicted molar refractivity (Wildman–Crippen MR) is 121 cm³/mol. The summed E-state index contributed by atoms with van der Waals surface area (Å²) < 4.78 is 15.9. The highest BCUT2D eigenvalue weighted by molar-refractivity contribution is 9.09. The molecule has 2 aromatic rings. The third-order valence-corrected chi connectivity index (χ3v) is 8.04. The maximum atomic E-state index is 12.7. The SMILES string of the molecule is O=C(COC(=O)[C@@H]1[C@H]2C[C@H]3[C@H](OC(=O)[C@H]31)[C@@H]2Br)c1ccc(OC(=O)c2ccc([N+](=O)[O-])cc2)cc1. The number of fused-ring (bicyclic) bond motifs is 1. The Morgan fingerprint density at radius 1 is 1.03 bits per heavy atom. The molecule has 10 nitrogen and oxygen atoms in total. The number of non-ortho nitro benzene ring substituents is 1. The number of ether oxygens (including phenoxy) is 3. The first-order chi connectivity index (χ1) is 16.7. The number of Topliss-reactive ketones (excluding diaryl/α,β-unsaturated/α-hetero) is 1. The van der Waals surface area contributed by atoms with Gasteiger partial charge in [0.1, 0.15) is 11.9 Å². The van der Waals surface area contributed by atoms with E-state index in [-0.39, 0.29) is 51.3 Å². The van der Waals surface area contributed by atoms with Gasteiger partial charge in [-0.05, 0) is 48.7 Å². The average Bonchev–Trinajstić information content (AvgIpc) is 3.47. The highest BCUT2D eigenvalue weighted by atomic mass is 79.9. The minimum atomic E-state index is -0.712. The minimum Gasteiger partial charge on any atom is -0.461 e. The summed E-state index contributed by atoms with van der Waals surface area (Å²) in [6.45, 7) is -0.479. The van der Waals surface area contributed by atoms with Crippen LogP contribution in [-0.4, -0.2) is 46.2 Å². The van der Waals surface area contributed by atoms with Gasteiger partial charge in [0.2, 0.25) is 0 Å². The van der Waals surface area contributed by atoms with Crippen LogP contribution in [0, 0.1) is 33.8 Å². The molecule has 0 spiro atoms. The fraction of sp³-hybridized carbons (Fsp3) is 0.333. The Kier molecular flexibility index (Phi) is 5.87. The molecule has 1 saturated heterocycles. The standard InChI is InChI=1S/C24H18BrNO9/c25-20-15-9-16-19(24(30)35-21(16)20)18(15)23(29)33-10-17(27)11-3-7-14(8-4-11)34-22(28)12-1-5-13(6-2-12)26(31)32/h1-8,15-16,18-21H,9-10H2/t15-,16-,18-,19-,20-,21+/m1/s1. The van der Waals surface area contributed by atoms with Crippen LogP contribution in [-0.2, 0) is 19.1 Å². The molecular weight excluding hydrogens is 526 g/mol. The van der Waals surface area contributed by atoms with Gasteiger partial charge in [-0.1, -0.05) is 15.9 Å². The van der Waals surface area contributed by atoms with E-state index in [9.17, 15) is 29.3 Å². The van der Waals surface area contributed by atoms with E-state index in [1.165, 1.54) is 48.5 Å². The first-order valence-electron chi connectivity index (χ1n) is 10.9. The third-order valence-electron chi connectivity index (χ3n) is 6.84. The highest BCUT2D eigenvalue weighted by Crippen LogP contribution is 2.60. The smallest absolute Gasteiger partial charge is 0.343 e. The van der Waals surface area contributed by atoms with Crippen LogP contribution in [0.25, 0.3) is 0 Å². The summed E-state index contributed by atoms with van der Waals surface area (Å²) in [6, 6.07) is 10.7. The second-order valence-corrected chi connectivity index (χ2v) is 9.77. The van der Waals surface area contributed by atoms with Crippen molar-refractivity contribution in [2.45, 2.75) is 17.4 Å². The molecule has 3 aliphatic rings. The number of nitro groups is 1. The zero-order chi connectivity index (χ0) is 24.9. The molecule has 180 valence electrons. The lowest BCUT2D eigenvalue weighted by atomic mass is 9.80. The summed E-state index contributed by atoms with van der Waals surface area (Å²) in [5.41, 5.74) is 0.232. The lowest BCUT2D eigenvalue weighted by molar-refractivity contribution is -0.384. The molecule has 6 atom stereocenters. The number of benzene rings is 2. The van der Waals surface area contributed by atoms with Gasteiger partial charge in [-0.25, -0.2) is 4.79 Å². The van der Waals surface area contributed by atoms with Crippen LogP contribution in [0.5, 0.6) is 5.75 Å². The number of carbonyl (C=O) groups is 4. The molecule has 1 aliphatic heterocycles. The molecule has 3 fully saturated rings. The van der Waals surface area contributed by atoms with Gasteiger partial charge in [0.05, 0.1) is 27.1 Å². The molecule has 2 bridgehead atoms. The quantitative estimate of drug-likeness (QED) is 0.129. The molecule has 2 aliphatic carbocycles. The largest absolute Gasteiger partial charge is 0.461 e. The van der Waals surface area contributed by atoms with Crippen LogP contribution >= 0.6 is 15.9 Å². The van der Waals surface area contributed by atoms with Crippen molar-refractivity contribution in [3.05, 3.63) is 69.8 Å². The molecule has 5 rings (SSSR count). The van der Waals surface area contributed by atoms with Crippen LogP contribution in [0.15, 0.2) is 48.5 Å².